The van der Waals surface area contributed by atoms with Crippen molar-refractivity contribution in [2.45, 2.75) is 13.3 Å². The van der Waals surface area contributed by atoms with Crippen molar-refractivity contribution in [3.8, 4) is 0 Å². The molecule has 0 aliphatic heterocycles. The summed E-state index contributed by atoms with van der Waals surface area (Å²) in [5.41, 5.74) is 4.50. The van der Waals surface area contributed by atoms with Crippen molar-refractivity contribution in [1.82, 2.24) is 0 Å². The van der Waals surface area contributed by atoms with Crippen LogP contribution in [-0.2, 0) is 4.79 Å². The number of hydrogen-bond acceptors (Lipinski definition) is 5. The first-order chi connectivity index (χ1) is 5.16. The average molecular weight is 175 g/mol. The number of thioether (sulfide) groups is 1. The molecule has 0 amide bonds. The van der Waals surface area contributed by atoms with Gasteiger partial charge < -0.3 is 10.5 Å². The van der Waals surface area contributed by atoms with Gasteiger partial charge in [0, 0.05) is 0 Å². The van der Waals surface area contributed by atoms with Crippen LogP contribution in [0.25, 0.3) is 0 Å². The van der Waals surface area contributed by atoms with Crippen LogP contribution in [0, 0.1) is 10.8 Å². The molecule has 4 N–H and O–H groups in total. The molecule has 0 saturated heterocycles. The molecule has 0 rings (SSSR count). The Morgan fingerprint density at radius 3 is 2.27 bits per heavy atom. The second kappa shape index (κ2) is 9.32. The number of hydrogen-bond donors (Lipinski definition) is 3. The van der Waals surface area contributed by atoms with Gasteiger partial charge in [-0.2, -0.15) is 0 Å². The number of carbonyl (C=O) groups excluding carboxylic acids is 1. The molecule has 0 spiro atoms. The standard InChI is InChI=1S/C5H8N2OS.CH5N/c1-4(6)9-5(7)2-3-8;1-2/h3,6-7H,2H2,1H3;2H2,1H3. The van der Waals surface area contributed by atoms with Crippen molar-refractivity contribution in [2.24, 2.45) is 5.73 Å². The zero-order chi connectivity index (χ0) is 9.28. The van der Waals surface area contributed by atoms with Gasteiger partial charge in [0.25, 0.3) is 0 Å². The van der Waals surface area contributed by atoms with Crippen LogP contribution in [0.1, 0.15) is 13.3 Å². The zero-order valence-corrected chi connectivity index (χ0v) is 7.49. The van der Waals surface area contributed by atoms with Gasteiger partial charge >= 0.3 is 0 Å². The lowest BCUT2D eigenvalue weighted by molar-refractivity contribution is -0.106. The monoisotopic (exact) mass is 175 g/mol. The lowest BCUT2D eigenvalue weighted by Crippen LogP contribution is -1.93. The summed E-state index contributed by atoms with van der Waals surface area (Å²) in [4.78, 5) is 9.77. The van der Waals surface area contributed by atoms with E-state index in [2.05, 4.69) is 5.73 Å². The minimum absolute atomic E-state index is 0.126. The van der Waals surface area contributed by atoms with Crippen LogP contribution in [0.5, 0.6) is 0 Å². The fraction of sp³-hybridized carbons (Fsp3) is 0.500. The van der Waals surface area contributed by atoms with E-state index in [1.807, 2.05) is 0 Å². The molecule has 11 heavy (non-hydrogen) atoms. The highest BCUT2D eigenvalue weighted by atomic mass is 32.2. The molecule has 5 heteroatoms. The summed E-state index contributed by atoms with van der Waals surface area (Å²) in [7, 11) is 1.50. The minimum Gasteiger partial charge on any atom is -0.333 e. The summed E-state index contributed by atoms with van der Waals surface area (Å²) in [6.07, 6.45) is 0.791. The topological polar surface area (TPSA) is 90.8 Å². The van der Waals surface area contributed by atoms with Gasteiger partial charge in [-0.15, -0.1) is 0 Å². The lowest BCUT2D eigenvalue weighted by Gasteiger charge is -1.93. The summed E-state index contributed by atoms with van der Waals surface area (Å²) in [6.45, 7) is 1.59. The number of nitrogens with one attached hydrogen (secondary N) is 2. The molecular formula is C6H13N3OS. The largest absolute Gasteiger partial charge is 0.333 e. The zero-order valence-electron chi connectivity index (χ0n) is 6.68. The molecule has 0 heterocycles. The van der Waals surface area contributed by atoms with E-state index in [1.54, 1.807) is 6.92 Å². The van der Waals surface area contributed by atoms with Crippen LogP contribution in [-0.4, -0.2) is 23.4 Å². The Labute approximate surface area is 70.6 Å². The van der Waals surface area contributed by atoms with Crippen LogP contribution >= 0.6 is 11.8 Å². The Morgan fingerprint density at radius 1 is 1.55 bits per heavy atom. The molecule has 0 bridgehead atoms. The van der Waals surface area contributed by atoms with Crippen molar-refractivity contribution in [3.63, 3.8) is 0 Å². The second-order valence-corrected chi connectivity index (χ2v) is 2.76. The number of nitrogens with two attached hydrogens (primary N) is 1. The van der Waals surface area contributed by atoms with Gasteiger partial charge in [0.2, 0.25) is 0 Å². The summed E-state index contributed by atoms with van der Waals surface area (Å²) in [6, 6.07) is 0. The smallest absolute Gasteiger partial charge is 0.126 e. The maximum absolute atomic E-state index is 9.77. The number of carbonyl (C=O) groups is 1. The molecule has 0 unspecified atom stereocenters. The van der Waals surface area contributed by atoms with Gasteiger partial charge in [-0.25, -0.2) is 0 Å². The van der Waals surface area contributed by atoms with Crippen LogP contribution in [0.4, 0.5) is 0 Å². The summed E-state index contributed by atoms with van der Waals surface area (Å²) in [5, 5.41) is 14.5. The highest BCUT2D eigenvalue weighted by molar-refractivity contribution is 8.26. The van der Waals surface area contributed by atoms with Gasteiger partial charge in [-0.05, 0) is 14.0 Å². The number of rotatable bonds is 2. The Kier molecular flexibility index (Phi) is 11.0. The molecule has 0 aliphatic rings. The molecule has 64 valence electrons. The van der Waals surface area contributed by atoms with Crippen LogP contribution in [0.15, 0.2) is 0 Å². The van der Waals surface area contributed by atoms with Crippen molar-refractivity contribution >= 4 is 28.1 Å². The number of aldehydes is 1. The molecule has 0 aliphatic carbocycles. The van der Waals surface area contributed by atoms with E-state index in [9.17, 15) is 4.79 Å². The van der Waals surface area contributed by atoms with E-state index in [0.29, 0.717) is 11.3 Å². The van der Waals surface area contributed by atoms with Crippen molar-refractivity contribution < 1.29 is 4.79 Å². The molecule has 4 nitrogen and oxygen atoms in total. The van der Waals surface area contributed by atoms with Gasteiger partial charge in [0.1, 0.15) is 6.29 Å². The molecule has 0 aromatic rings. The molecular weight excluding hydrogens is 162 g/mol. The Balaban J connectivity index is 0. The fourth-order valence-electron chi connectivity index (χ4n) is 0.302. The van der Waals surface area contributed by atoms with Crippen molar-refractivity contribution in [3.05, 3.63) is 0 Å². The van der Waals surface area contributed by atoms with E-state index in [-0.39, 0.29) is 11.5 Å². The first kappa shape index (κ1) is 12.9. The summed E-state index contributed by atoms with van der Waals surface area (Å²) >= 11 is 1.01. The normalized spacial score (nSPS) is 7.55. The summed E-state index contributed by atoms with van der Waals surface area (Å²) in [5.74, 6) is 0. The highest BCUT2D eigenvalue weighted by Crippen LogP contribution is 2.04. The van der Waals surface area contributed by atoms with Crippen LogP contribution in [0.3, 0.4) is 0 Å². The SMILES string of the molecule is CC(=N)SC(=N)CC=O.CN. The molecule has 0 radical (unpaired) electrons. The highest BCUT2D eigenvalue weighted by Gasteiger charge is 1.96. The third-order valence-corrected chi connectivity index (χ3v) is 1.26. The van der Waals surface area contributed by atoms with E-state index in [4.69, 9.17) is 10.8 Å². The maximum atomic E-state index is 9.77. The quantitative estimate of drug-likeness (QED) is 0.330. The van der Waals surface area contributed by atoms with Crippen molar-refractivity contribution in [1.29, 1.82) is 10.8 Å². The second-order valence-electron chi connectivity index (χ2n) is 1.45. The van der Waals surface area contributed by atoms with Gasteiger partial charge in [0.15, 0.2) is 0 Å². The minimum atomic E-state index is 0.126. The van der Waals surface area contributed by atoms with E-state index in [1.165, 1.54) is 7.05 Å². The first-order valence-corrected chi connectivity index (χ1v) is 3.80. The predicted molar refractivity (Wildman–Crippen MR) is 49.5 cm³/mol. The van der Waals surface area contributed by atoms with E-state index < -0.39 is 0 Å². The lowest BCUT2D eigenvalue weighted by atomic mass is 10.5. The molecule has 0 aromatic heterocycles. The fourth-order valence-corrected chi connectivity index (χ4v) is 0.823. The Hall–Kier alpha value is -0.680. The molecule has 0 aromatic carbocycles. The maximum Gasteiger partial charge on any atom is 0.126 e. The van der Waals surface area contributed by atoms with Crippen molar-refractivity contribution in [2.75, 3.05) is 7.05 Å². The molecule has 0 fully saturated rings. The molecule has 0 atom stereocenters. The van der Waals surface area contributed by atoms with E-state index in [0.717, 1.165) is 11.8 Å². The average Bonchev–Trinajstić information content (AvgIpc) is 1.91. The predicted octanol–water partition coefficient (Wildman–Crippen LogP) is 0.858. The molecule has 0 saturated carbocycles. The van der Waals surface area contributed by atoms with Crippen LogP contribution in [0.2, 0.25) is 0 Å². The van der Waals surface area contributed by atoms with Gasteiger partial charge in [0.05, 0.1) is 16.5 Å². The third-order valence-electron chi connectivity index (χ3n) is 0.545. The Morgan fingerprint density at radius 2 is 2.00 bits per heavy atom. The summed E-state index contributed by atoms with van der Waals surface area (Å²) < 4.78 is 0. The third kappa shape index (κ3) is 12.5. The first-order valence-electron chi connectivity index (χ1n) is 2.98. The Bertz CT molecular complexity index is 147. The van der Waals surface area contributed by atoms with E-state index >= 15 is 0 Å². The van der Waals surface area contributed by atoms with Crippen LogP contribution < -0.4 is 5.73 Å². The van der Waals surface area contributed by atoms with Gasteiger partial charge in [-0.3, -0.25) is 10.8 Å². The van der Waals surface area contributed by atoms with Gasteiger partial charge in [-0.1, -0.05) is 11.8 Å².